The van der Waals surface area contributed by atoms with Crippen molar-refractivity contribution in [1.29, 1.82) is 0 Å². The summed E-state index contributed by atoms with van der Waals surface area (Å²) < 4.78 is 5.44. The number of aromatic nitrogens is 4. The van der Waals surface area contributed by atoms with Crippen LogP contribution >= 0.6 is 0 Å². The van der Waals surface area contributed by atoms with E-state index in [1.807, 2.05) is 37.3 Å². The number of anilines is 4. The third kappa shape index (κ3) is 3.95. The number of ether oxygens (including phenoxy) is 1. The minimum Gasteiger partial charge on any atom is -0.495 e. The van der Waals surface area contributed by atoms with E-state index >= 15 is 0 Å². The standard InChI is InChI=1S/C20H23N7O/c1-15-4-5-17(28-2)16(12-15)25-18-13-19(24-14-23-18)26-8-10-27(11-9-26)20-21-6-3-7-22-20/h3-7,12-14H,8-11H2,1-2H3,(H,23,24,25). The summed E-state index contributed by atoms with van der Waals surface area (Å²) in [5, 5.41) is 3.35. The normalized spacial score (nSPS) is 14.1. The van der Waals surface area contributed by atoms with Crippen LogP contribution in [0.1, 0.15) is 5.56 Å². The fourth-order valence-electron chi connectivity index (χ4n) is 3.24. The van der Waals surface area contributed by atoms with Crippen LogP contribution < -0.4 is 19.9 Å². The van der Waals surface area contributed by atoms with Crippen molar-refractivity contribution in [1.82, 2.24) is 19.9 Å². The molecule has 0 spiro atoms. The molecule has 0 aliphatic carbocycles. The molecule has 0 radical (unpaired) electrons. The Kier molecular flexibility index (Phi) is 5.18. The number of hydrogen-bond donors (Lipinski definition) is 1. The van der Waals surface area contributed by atoms with Crippen LogP contribution in [0.25, 0.3) is 0 Å². The van der Waals surface area contributed by atoms with E-state index in [1.165, 1.54) is 0 Å². The molecular formula is C20H23N7O. The van der Waals surface area contributed by atoms with Gasteiger partial charge in [0.15, 0.2) is 0 Å². The second kappa shape index (κ2) is 8.08. The molecule has 3 heterocycles. The largest absolute Gasteiger partial charge is 0.495 e. The van der Waals surface area contributed by atoms with Gasteiger partial charge in [0.05, 0.1) is 12.8 Å². The molecule has 0 amide bonds. The van der Waals surface area contributed by atoms with Crippen LogP contribution in [-0.2, 0) is 0 Å². The first-order valence-electron chi connectivity index (χ1n) is 9.23. The molecule has 1 aromatic carbocycles. The maximum atomic E-state index is 5.44. The smallest absolute Gasteiger partial charge is 0.225 e. The van der Waals surface area contributed by atoms with Crippen LogP contribution in [0.15, 0.2) is 49.1 Å². The van der Waals surface area contributed by atoms with Crippen LogP contribution in [0.3, 0.4) is 0 Å². The van der Waals surface area contributed by atoms with Gasteiger partial charge in [-0.25, -0.2) is 19.9 Å². The zero-order valence-electron chi connectivity index (χ0n) is 16.0. The summed E-state index contributed by atoms with van der Waals surface area (Å²) in [6, 6.07) is 9.81. The number of benzene rings is 1. The Morgan fingerprint density at radius 1 is 0.929 bits per heavy atom. The lowest BCUT2D eigenvalue weighted by Gasteiger charge is -2.35. The first-order valence-corrected chi connectivity index (χ1v) is 9.23. The predicted octanol–water partition coefficient (Wildman–Crippen LogP) is 2.65. The Hall–Kier alpha value is -3.42. The molecule has 28 heavy (non-hydrogen) atoms. The van der Waals surface area contributed by atoms with E-state index in [0.717, 1.165) is 60.8 Å². The number of nitrogens with zero attached hydrogens (tertiary/aromatic N) is 6. The van der Waals surface area contributed by atoms with E-state index in [-0.39, 0.29) is 0 Å². The summed E-state index contributed by atoms with van der Waals surface area (Å²) in [5.41, 5.74) is 2.04. The van der Waals surface area contributed by atoms with E-state index in [1.54, 1.807) is 25.8 Å². The molecule has 0 atom stereocenters. The van der Waals surface area contributed by atoms with E-state index in [9.17, 15) is 0 Å². The maximum absolute atomic E-state index is 5.44. The average molecular weight is 377 g/mol. The van der Waals surface area contributed by atoms with Gasteiger partial charge in [0, 0.05) is 44.6 Å². The number of nitrogens with one attached hydrogen (secondary N) is 1. The summed E-state index contributed by atoms with van der Waals surface area (Å²) in [7, 11) is 1.66. The highest BCUT2D eigenvalue weighted by molar-refractivity contribution is 5.66. The molecule has 8 heteroatoms. The molecular weight excluding hydrogens is 354 g/mol. The van der Waals surface area contributed by atoms with Gasteiger partial charge >= 0.3 is 0 Å². The van der Waals surface area contributed by atoms with E-state index < -0.39 is 0 Å². The van der Waals surface area contributed by atoms with Crippen molar-refractivity contribution in [3.05, 3.63) is 54.6 Å². The number of methoxy groups -OCH3 is 1. The van der Waals surface area contributed by atoms with Gasteiger partial charge in [0.2, 0.25) is 5.95 Å². The summed E-state index contributed by atoms with van der Waals surface area (Å²) in [6.07, 6.45) is 5.14. The number of aryl methyl sites for hydroxylation is 1. The van der Waals surface area contributed by atoms with Crippen molar-refractivity contribution in [2.75, 3.05) is 48.4 Å². The van der Waals surface area contributed by atoms with Gasteiger partial charge in [-0.3, -0.25) is 0 Å². The van der Waals surface area contributed by atoms with Crippen molar-refractivity contribution in [2.45, 2.75) is 6.92 Å². The molecule has 3 aromatic rings. The Bertz CT molecular complexity index is 927. The zero-order chi connectivity index (χ0) is 19.3. The highest BCUT2D eigenvalue weighted by Crippen LogP contribution is 2.28. The lowest BCUT2D eigenvalue weighted by molar-refractivity contribution is 0.416. The first kappa shape index (κ1) is 18.0. The van der Waals surface area contributed by atoms with Crippen LogP contribution in [0.5, 0.6) is 5.75 Å². The van der Waals surface area contributed by atoms with Crippen LogP contribution in [0.2, 0.25) is 0 Å². The minimum atomic E-state index is 0.739. The highest BCUT2D eigenvalue weighted by Gasteiger charge is 2.20. The molecule has 1 fully saturated rings. The molecule has 0 unspecified atom stereocenters. The number of rotatable bonds is 5. The monoisotopic (exact) mass is 377 g/mol. The van der Waals surface area contributed by atoms with Gasteiger partial charge in [-0.15, -0.1) is 0 Å². The van der Waals surface area contributed by atoms with Gasteiger partial charge < -0.3 is 19.9 Å². The summed E-state index contributed by atoms with van der Waals surface area (Å²) >= 11 is 0. The molecule has 4 rings (SSSR count). The highest BCUT2D eigenvalue weighted by atomic mass is 16.5. The quantitative estimate of drug-likeness (QED) is 0.727. The average Bonchev–Trinajstić information content (AvgIpc) is 2.75. The summed E-state index contributed by atoms with van der Waals surface area (Å²) in [6.45, 7) is 5.45. The second-order valence-electron chi connectivity index (χ2n) is 6.61. The van der Waals surface area contributed by atoms with Crippen molar-refractivity contribution in [2.24, 2.45) is 0 Å². The molecule has 0 bridgehead atoms. The second-order valence-corrected chi connectivity index (χ2v) is 6.61. The number of hydrogen-bond acceptors (Lipinski definition) is 8. The van der Waals surface area contributed by atoms with Crippen molar-refractivity contribution < 1.29 is 4.74 Å². The molecule has 0 saturated carbocycles. The number of piperazine rings is 1. The Balaban J connectivity index is 1.45. The maximum Gasteiger partial charge on any atom is 0.225 e. The van der Waals surface area contributed by atoms with Crippen LogP contribution in [0.4, 0.5) is 23.3 Å². The van der Waals surface area contributed by atoms with Gasteiger partial charge in [-0.1, -0.05) is 6.07 Å². The molecule has 2 aromatic heterocycles. The van der Waals surface area contributed by atoms with E-state index in [4.69, 9.17) is 4.74 Å². The third-order valence-corrected chi connectivity index (χ3v) is 4.71. The van der Waals surface area contributed by atoms with Crippen molar-refractivity contribution >= 4 is 23.3 Å². The first-order chi connectivity index (χ1) is 13.7. The lowest BCUT2D eigenvalue weighted by atomic mass is 10.2. The SMILES string of the molecule is COc1ccc(C)cc1Nc1cc(N2CCN(c3ncccn3)CC2)ncn1. The molecule has 1 aliphatic rings. The fourth-order valence-corrected chi connectivity index (χ4v) is 3.24. The Morgan fingerprint density at radius 2 is 1.68 bits per heavy atom. The molecule has 144 valence electrons. The van der Waals surface area contributed by atoms with Gasteiger partial charge in [0.1, 0.15) is 23.7 Å². The summed E-state index contributed by atoms with van der Waals surface area (Å²) in [5.74, 6) is 3.20. The van der Waals surface area contributed by atoms with Crippen LogP contribution in [0, 0.1) is 6.92 Å². The van der Waals surface area contributed by atoms with E-state index in [2.05, 4.69) is 35.1 Å². The van der Waals surface area contributed by atoms with Crippen molar-refractivity contribution in [3.63, 3.8) is 0 Å². The zero-order valence-corrected chi connectivity index (χ0v) is 16.0. The van der Waals surface area contributed by atoms with Crippen molar-refractivity contribution in [3.8, 4) is 5.75 Å². The topological polar surface area (TPSA) is 79.3 Å². The fraction of sp³-hybridized carbons (Fsp3) is 0.300. The van der Waals surface area contributed by atoms with Gasteiger partial charge in [-0.05, 0) is 30.7 Å². The predicted molar refractivity (Wildman–Crippen MR) is 110 cm³/mol. The Labute approximate surface area is 164 Å². The molecule has 8 nitrogen and oxygen atoms in total. The van der Waals surface area contributed by atoms with Gasteiger partial charge in [0.25, 0.3) is 0 Å². The summed E-state index contributed by atoms with van der Waals surface area (Å²) in [4.78, 5) is 21.9. The third-order valence-electron chi connectivity index (χ3n) is 4.71. The molecule has 1 N–H and O–H groups in total. The molecule has 1 aliphatic heterocycles. The van der Waals surface area contributed by atoms with Gasteiger partial charge in [-0.2, -0.15) is 0 Å². The Morgan fingerprint density at radius 3 is 2.43 bits per heavy atom. The minimum absolute atomic E-state index is 0.739. The van der Waals surface area contributed by atoms with Crippen LogP contribution in [-0.4, -0.2) is 53.2 Å². The van der Waals surface area contributed by atoms with E-state index in [0.29, 0.717) is 0 Å². The lowest BCUT2D eigenvalue weighted by Crippen LogP contribution is -2.47. The molecule has 1 saturated heterocycles.